The molecule has 1 unspecified atom stereocenters. The molecule has 1 fully saturated rings. The van der Waals surface area contributed by atoms with Gasteiger partial charge in [-0.15, -0.1) is 0 Å². The number of aliphatic hydroxyl groups is 1. The molecule has 5 nitrogen and oxygen atoms in total. The van der Waals surface area contributed by atoms with E-state index in [0.29, 0.717) is 26.1 Å². The zero-order valence-corrected chi connectivity index (χ0v) is 10.8. The van der Waals surface area contributed by atoms with Crippen LogP contribution in [0.5, 0.6) is 0 Å². The van der Waals surface area contributed by atoms with Crippen LogP contribution in [0.2, 0.25) is 0 Å². The Morgan fingerprint density at radius 2 is 2.12 bits per heavy atom. The molecule has 100 valence electrons. The third-order valence-corrected chi connectivity index (χ3v) is 3.40. The van der Waals surface area contributed by atoms with E-state index in [-0.39, 0.29) is 18.6 Å². The van der Waals surface area contributed by atoms with E-state index < -0.39 is 5.54 Å². The first-order valence-electron chi connectivity index (χ1n) is 6.32. The van der Waals surface area contributed by atoms with Crippen molar-refractivity contribution < 1.29 is 14.6 Å². The van der Waals surface area contributed by atoms with Gasteiger partial charge in [0.2, 0.25) is 5.91 Å². The van der Waals surface area contributed by atoms with Crippen molar-refractivity contribution in [1.29, 1.82) is 0 Å². The minimum absolute atomic E-state index is 0.0283. The van der Waals surface area contributed by atoms with Crippen LogP contribution < -0.4 is 5.73 Å². The molecule has 0 saturated carbocycles. The van der Waals surface area contributed by atoms with Crippen LogP contribution in [-0.4, -0.2) is 53.9 Å². The highest BCUT2D eigenvalue weighted by Gasteiger charge is 2.33. The molecule has 0 aromatic heterocycles. The Morgan fingerprint density at radius 1 is 1.53 bits per heavy atom. The van der Waals surface area contributed by atoms with Gasteiger partial charge in [0.15, 0.2) is 0 Å². The van der Waals surface area contributed by atoms with Crippen molar-refractivity contribution in [3.63, 3.8) is 0 Å². The summed E-state index contributed by atoms with van der Waals surface area (Å²) in [4.78, 5) is 13.9. The number of amides is 1. The fraction of sp³-hybridized carbons (Fsp3) is 0.917. The fourth-order valence-corrected chi connectivity index (χ4v) is 1.96. The number of nitrogens with zero attached hydrogens (tertiary/aromatic N) is 1. The molecule has 0 aromatic rings. The smallest absolute Gasteiger partial charge is 0.242 e. The third kappa shape index (κ3) is 3.94. The molecule has 3 N–H and O–H groups in total. The molecule has 0 bridgehead atoms. The summed E-state index contributed by atoms with van der Waals surface area (Å²) in [5.41, 5.74) is 5.20. The maximum Gasteiger partial charge on any atom is 0.242 e. The lowest BCUT2D eigenvalue weighted by Crippen LogP contribution is -2.55. The van der Waals surface area contributed by atoms with E-state index in [4.69, 9.17) is 15.6 Å². The van der Waals surface area contributed by atoms with E-state index in [1.807, 2.05) is 11.8 Å². The van der Waals surface area contributed by atoms with Gasteiger partial charge in [-0.05, 0) is 26.2 Å². The van der Waals surface area contributed by atoms with Crippen LogP contribution in [0.15, 0.2) is 0 Å². The molecule has 17 heavy (non-hydrogen) atoms. The monoisotopic (exact) mass is 244 g/mol. The number of rotatable bonds is 5. The molecule has 1 saturated heterocycles. The molecule has 0 spiro atoms. The van der Waals surface area contributed by atoms with Gasteiger partial charge in [-0.3, -0.25) is 4.79 Å². The third-order valence-electron chi connectivity index (χ3n) is 3.40. The molecular weight excluding hydrogens is 220 g/mol. The summed E-state index contributed by atoms with van der Waals surface area (Å²) >= 11 is 0. The fourth-order valence-electron chi connectivity index (χ4n) is 1.96. The predicted molar refractivity (Wildman–Crippen MR) is 65.5 cm³/mol. The van der Waals surface area contributed by atoms with Crippen molar-refractivity contribution in [2.24, 2.45) is 5.73 Å². The van der Waals surface area contributed by atoms with E-state index in [2.05, 4.69) is 0 Å². The number of carbonyl (C=O) groups excluding carboxylic acids is 1. The molecule has 0 aliphatic carbocycles. The van der Waals surface area contributed by atoms with Crippen molar-refractivity contribution in [3.05, 3.63) is 0 Å². The first-order chi connectivity index (χ1) is 8.01. The van der Waals surface area contributed by atoms with Crippen LogP contribution in [0.1, 0.15) is 33.1 Å². The maximum atomic E-state index is 12.1. The second-order valence-electron chi connectivity index (χ2n) is 4.86. The highest BCUT2D eigenvalue weighted by atomic mass is 16.5. The molecular formula is C12H24N2O3. The molecule has 1 amide bonds. The van der Waals surface area contributed by atoms with Crippen molar-refractivity contribution in [2.75, 3.05) is 26.3 Å². The lowest BCUT2D eigenvalue weighted by molar-refractivity contribution is -0.139. The van der Waals surface area contributed by atoms with Gasteiger partial charge >= 0.3 is 0 Å². The Morgan fingerprint density at radius 3 is 2.59 bits per heavy atom. The predicted octanol–water partition coefficient (Wildman–Crippen LogP) is 0.114. The van der Waals surface area contributed by atoms with E-state index in [0.717, 1.165) is 12.8 Å². The highest BCUT2D eigenvalue weighted by Crippen LogP contribution is 2.18. The molecule has 1 aliphatic heterocycles. The normalized spacial score (nSPS) is 21.3. The van der Waals surface area contributed by atoms with Gasteiger partial charge in [0.05, 0.1) is 24.9 Å². The Kier molecular flexibility index (Phi) is 5.36. The number of nitrogens with two attached hydrogens (primary N) is 1. The zero-order valence-electron chi connectivity index (χ0n) is 10.8. The maximum absolute atomic E-state index is 12.1. The largest absolute Gasteiger partial charge is 0.394 e. The average Bonchev–Trinajstić information content (AvgIpc) is 2.36. The second kappa shape index (κ2) is 6.33. The quantitative estimate of drug-likeness (QED) is 0.720. The Hall–Kier alpha value is -0.650. The number of ether oxygens (including phenoxy) is 1. The molecule has 1 heterocycles. The standard InChI is InChI=1S/C12H24N2O3/c1-3-12(2,13)11(16)14-6-4-10(5-7-14)17-9-8-15/h10,15H,3-9,13H2,1-2H3. The van der Waals surface area contributed by atoms with Crippen molar-refractivity contribution >= 4 is 5.91 Å². The first kappa shape index (κ1) is 14.4. The van der Waals surface area contributed by atoms with Gasteiger partial charge in [0.1, 0.15) is 0 Å². The van der Waals surface area contributed by atoms with Gasteiger partial charge in [0.25, 0.3) is 0 Å². The number of hydrogen-bond donors (Lipinski definition) is 2. The average molecular weight is 244 g/mol. The van der Waals surface area contributed by atoms with E-state index >= 15 is 0 Å². The van der Waals surface area contributed by atoms with Gasteiger partial charge in [0, 0.05) is 13.1 Å². The summed E-state index contributed by atoms with van der Waals surface area (Å²) in [5.74, 6) is 0.0283. The minimum Gasteiger partial charge on any atom is -0.394 e. The van der Waals surface area contributed by atoms with Crippen LogP contribution in [0.4, 0.5) is 0 Å². The Labute approximate surface area is 103 Å². The summed E-state index contributed by atoms with van der Waals surface area (Å²) < 4.78 is 5.45. The van der Waals surface area contributed by atoms with Crippen LogP contribution in [0, 0.1) is 0 Å². The number of carbonyl (C=O) groups is 1. The Bertz CT molecular complexity index is 248. The zero-order chi connectivity index (χ0) is 12.9. The molecule has 5 heteroatoms. The summed E-state index contributed by atoms with van der Waals surface area (Å²) in [5, 5.41) is 8.67. The molecule has 1 atom stereocenters. The Balaban J connectivity index is 2.39. The topological polar surface area (TPSA) is 75.8 Å². The number of hydrogen-bond acceptors (Lipinski definition) is 4. The SMILES string of the molecule is CCC(C)(N)C(=O)N1CCC(OCCO)CC1. The number of likely N-dealkylation sites (tertiary alicyclic amines) is 1. The van der Waals surface area contributed by atoms with Gasteiger partial charge in [-0.25, -0.2) is 0 Å². The van der Waals surface area contributed by atoms with E-state index in [9.17, 15) is 4.79 Å². The number of piperidine rings is 1. The lowest BCUT2D eigenvalue weighted by Gasteiger charge is -2.36. The van der Waals surface area contributed by atoms with Crippen molar-refractivity contribution in [2.45, 2.75) is 44.8 Å². The molecule has 0 radical (unpaired) electrons. The highest BCUT2D eigenvalue weighted by molar-refractivity contribution is 5.85. The van der Waals surface area contributed by atoms with Crippen molar-refractivity contribution in [3.8, 4) is 0 Å². The summed E-state index contributed by atoms with van der Waals surface area (Å²) in [6.07, 6.45) is 2.46. The van der Waals surface area contributed by atoms with Crippen LogP contribution in [-0.2, 0) is 9.53 Å². The number of aliphatic hydroxyl groups excluding tert-OH is 1. The summed E-state index contributed by atoms with van der Waals surface area (Å²) in [7, 11) is 0. The van der Waals surface area contributed by atoms with Crippen LogP contribution in [0.3, 0.4) is 0 Å². The van der Waals surface area contributed by atoms with Crippen LogP contribution >= 0.6 is 0 Å². The molecule has 0 aromatic carbocycles. The molecule has 1 aliphatic rings. The van der Waals surface area contributed by atoms with Gasteiger partial charge < -0.3 is 20.5 Å². The summed E-state index contributed by atoms with van der Waals surface area (Å²) in [6, 6.07) is 0. The van der Waals surface area contributed by atoms with Crippen LogP contribution in [0.25, 0.3) is 0 Å². The van der Waals surface area contributed by atoms with Gasteiger partial charge in [-0.1, -0.05) is 6.92 Å². The van der Waals surface area contributed by atoms with E-state index in [1.165, 1.54) is 0 Å². The summed E-state index contributed by atoms with van der Waals surface area (Å²) in [6.45, 7) is 5.53. The van der Waals surface area contributed by atoms with E-state index in [1.54, 1.807) is 6.92 Å². The van der Waals surface area contributed by atoms with Gasteiger partial charge in [-0.2, -0.15) is 0 Å². The lowest BCUT2D eigenvalue weighted by atomic mass is 9.96. The second-order valence-corrected chi connectivity index (χ2v) is 4.86. The first-order valence-corrected chi connectivity index (χ1v) is 6.32. The minimum atomic E-state index is -0.751. The molecule has 1 rings (SSSR count). The van der Waals surface area contributed by atoms with Crippen molar-refractivity contribution in [1.82, 2.24) is 4.90 Å².